The number of hydrogen-bond donors (Lipinski definition) is 2. The maximum Gasteiger partial charge on any atom is 0.233 e. The van der Waals surface area contributed by atoms with E-state index in [1.807, 2.05) is 16.9 Å². The standard InChI is InChI=1S/C20H28N6O2.HI/c1-13(12-25-8-3-6-24-25)11-23-20(21-2)22-7-9-26-18(27)16-14-4-5-15(10-14)17(16)19(26)28;/h3-6,8,13-17H,7,9-12H2,1-2H3,(H2,21,22,23);1H. The normalized spacial score (nSPS) is 28.5. The number of fused-ring (bicyclic) bond motifs is 5. The third-order valence-electron chi connectivity index (χ3n) is 6.09. The summed E-state index contributed by atoms with van der Waals surface area (Å²) in [6.07, 6.45) is 8.93. The van der Waals surface area contributed by atoms with Crippen LogP contribution in [0.15, 0.2) is 35.6 Å². The van der Waals surface area contributed by atoms with Gasteiger partial charge in [-0.05, 0) is 30.2 Å². The second kappa shape index (κ2) is 9.27. The summed E-state index contributed by atoms with van der Waals surface area (Å²) in [5.74, 6) is 1.33. The maximum absolute atomic E-state index is 12.7. The van der Waals surface area contributed by atoms with Crippen LogP contribution in [0.3, 0.4) is 0 Å². The predicted octanol–water partition coefficient (Wildman–Crippen LogP) is 1.11. The summed E-state index contributed by atoms with van der Waals surface area (Å²) in [6.45, 7) is 4.60. The van der Waals surface area contributed by atoms with Gasteiger partial charge < -0.3 is 10.6 Å². The van der Waals surface area contributed by atoms with Gasteiger partial charge in [-0.25, -0.2) is 0 Å². The number of nitrogens with zero attached hydrogens (tertiary/aromatic N) is 4. The first kappa shape index (κ1) is 21.8. The lowest BCUT2D eigenvalue weighted by Gasteiger charge is -2.19. The molecule has 2 N–H and O–H groups in total. The number of allylic oxidation sites excluding steroid dienone is 2. The molecule has 158 valence electrons. The minimum absolute atomic E-state index is 0. The van der Waals surface area contributed by atoms with E-state index in [0.29, 0.717) is 25.0 Å². The summed E-state index contributed by atoms with van der Waals surface area (Å²) >= 11 is 0. The molecule has 5 unspecified atom stereocenters. The first-order chi connectivity index (χ1) is 13.6. The van der Waals surface area contributed by atoms with Gasteiger partial charge in [0.15, 0.2) is 5.96 Å². The van der Waals surface area contributed by atoms with E-state index in [9.17, 15) is 9.59 Å². The Kier molecular flexibility index (Phi) is 6.97. The summed E-state index contributed by atoms with van der Waals surface area (Å²) in [4.78, 5) is 31.0. The van der Waals surface area contributed by atoms with Crippen LogP contribution in [0.2, 0.25) is 0 Å². The fourth-order valence-corrected chi connectivity index (χ4v) is 4.75. The molecule has 0 spiro atoms. The Morgan fingerprint density at radius 3 is 2.52 bits per heavy atom. The van der Waals surface area contributed by atoms with Crippen molar-refractivity contribution in [3.05, 3.63) is 30.6 Å². The lowest BCUT2D eigenvalue weighted by atomic mass is 9.85. The molecule has 2 heterocycles. The van der Waals surface area contributed by atoms with Gasteiger partial charge in [-0.3, -0.25) is 24.2 Å². The van der Waals surface area contributed by atoms with E-state index in [4.69, 9.17) is 0 Å². The molecule has 2 bridgehead atoms. The number of amides is 2. The van der Waals surface area contributed by atoms with Crippen LogP contribution in [0.25, 0.3) is 0 Å². The van der Waals surface area contributed by atoms with E-state index in [-0.39, 0.29) is 59.5 Å². The molecule has 2 aliphatic carbocycles. The van der Waals surface area contributed by atoms with Crippen molar-refractivity contribution in [3.63, 3.8) is 0 Å². The molecule has 1 aromatic heterocycles. The van der Waals surface area contributed by atoms with Crippen LogP contribution < -0.4 is 10.6 Å². The van der Waals surface area contributed by atoms with E-state index in [1.165, 1.54) is 4.90 Å². The predicted molar refractivity (Wildman–Crippen MR) is 121 cm³/mol. The van der Waals surface area contributed by atoms with Gasteiger partial charge in [0.1, 0.15) is 0 Å². The Labute approximate surface area is 188 Å². The summed E-state index contributed by atoms with van der Waals surface area (Å²) in [5, 5.41) is 10.7. The quantitative estimate of drug-likeness (QED) is 0.188. The highest BCUT2D eigenvalue weighted by Crippen LogP contribution is 2.52. The summed E-state index contributed by atoms with van der Waals surface area (Å²) in [5.41, 5.74) is 0. The molecular formula is C20H29IN6O2. The van der Waals surface area contributed by atoms with Gasteiger partial charge in [0.25, 0.3) is 0 Å². The SMILES string of the molecule is CN=C(NCCN1C(=O)C2C3C=CC(C3)C2C1=O)NCC(C)Cn1cccn1.I. The largest absolute Gasteiger partial charge is 0.356 e. The van der Waals surface area contributed by atoms with Crippen LogP contribution in [0.1, 0.15) is 13.3 Å². The van der Waals surface area contributed by atoms with Crippen molar-refractivity contribution in [2.75, 3.05) is 26.7 Å². The Balaban J connectivity index is 0.00000240. The Hall–Kier alpha value is -1.91. The van der Waals surface area contributed by atoms with Crippen LogP contribution >= 0.6 is 24.0 Å². The maximum atomic E-state index is 12.7. The molecule has 0 aromatic carbocycles. The monoisotopic (exact) mass is 512 g/mol. The summed E-state index contributed by atoms with van der Waals surface area (Å²) in [6, 6.07) is 1.91. The van der Waals surface area contributed by atoms with Gasteiger partial charge in [-0.15, -0.1) is 24.0 Å². The number of carbonyl (C=O) groups is 2. The van der Waals surface area contributed by atoms with Crippen molar-refractivity contribution in [2.24, 2.45) is 34.6 Å². The number of aromatic nitrogens is 2. The highest BCUT2D eigenvalue weighted by Gasteiger charge is 2.58. The molecule has 1 aliphatic heterocycles. The van der Waals surface area contributed by atoms with E-state index in [2.05, 4.69) is 39.8 Å². The molecule has 3 aliphatic rings. The Bertz CT molecular complexity index is 763. The number of rotatable bonds is 7. The smallest absolute Gasteiger partial charge is 0.233 e. The van der Waals surface area contributed by atoms with E-state index < -0.39 is 0 Å². The second-order valence-corrected chi connectivity index (χ2v) is 8.04. The number of halogens is 1. The third-order valence-corrected chi connectivity index (χ3v) is 6.09. The zero-order valence-electron chi connectivity index (χ0n) is 16.8. The minimum Gasteiger partial charge on any atom is -0.356 e. The number of carbonyl (C=O) groups excluding carboxylic acids is 2. The number of hydrogen-bond acceptors (Lipinski definition) is 4. The van der Waals surface area contributed by atoms with Gasteiger partial charge in [0.2, 0.25) is 11.8 Å². The van der Waals surface area contributed by atoms with Crippen molar-refractivity contribution in [3.8, 4) is 0 Å². The molecule has 4 rings (SSSR count). The number of guanidine groups is 1. The van der Waals surface area contributed by atoms with Crippen molar-refractivity contribution in [2.45, 2.75) is 19.9 Å². The summed E-state index contributed by atoms with van der Waals surface area (Å²) in [7, 11) is 1.72. The Morgan fingerprint density at radius 2 is 1.93 bits per heavy atom. The highest BCUT2D eigenvalue weighted by molar-refractivity contribution is 14.0. The molecule has 5 atom stereocenters. The molecule has 2 amide bonds. The van der Waals surface area contributed by atoms with Crippen LogP contribution in [0.4, 0.5) is 0 Å². The summed E-state index contributed by atoms with van der Waals surface area (Å²) < 4.78 is 1.91. The van der Waals surface area contributed by atoms with Crippen LogP contribution in [0.5, 0.6) is 0 Å². The van der Waals surface area contributed by atoms with Gasteiger partial charge in [0, 0.05) is 45.6 Å². The number of likely N-dealkylation sites (tertiary alicyclic amines) is 1. The minimum atomic E-state index is -0.122. The molecular weight excluding hydrogens is 483 g/mol. The van der Waals surface area contributed by atoms with Gasteiger partial charge in [0.05, 0.1) is 11.8 Å². The van der Waals surface area contributed by atoms with Crippen LogP contribution in [-0.2, 0) is 16.1 Å². The molecule has 8 nitrogen and oxygen atoms in total. The second-order valence-electron chi connectivity index (χ2n) is 8.04. The molecule has 9 heteroatoms. The van der Waals surface area contributed by atoms with E-state index >= 15 is 0 Å². The average Bonchev–Trinajstić information content (AvgIpc) is 3.46. The zero-order valence-corrected chi connectivity index (χ0v) is 19.2. The highest BCUT2D eigenvalue weighted by atomic mass is 127. The van der Waals surface area contributed by atoms with Gasteiger partial charge in [-0.2, -0.15) is 5.10 Å². The Morgan fingerprint density at radius 1 is 1.24 bits per heavy atom. The molecule has 2 fully saturated rings. The molecule has 0 radical (unpaired) electrons. The fraction of sp³-hybridized carbons (Fsp3) is 0.600. The first-order valence-electron chi connectivity index (χ1n) is 10.0. The fourth-order valence-electron chi connectivity index (χ4n) is 4.75. The van der Waals surface area contributed by atoms with E-state index in [0.717, 1.165) is 19.5 Å². The lowest BCUT2D eigenvalue weighted by Crippen LogP contribution is -2.44. The average molecular weight is 512 g/mol. The third kappa shape index (κ3) is 4.34. The van der Waals surface area contributed by atoms with Crippen molar-refractivity contribution in [1.29, 1.82) is 0 Å². The van der Waals surface area contributed by atoms with Crippen LogP contribution in [0, 0.1) is 29.6 Å². The zero-order chi connectivity index (χ0) is 19.7. The molecule has 1 saturated carbocycles. The van der Waals surface area contributed by atoms with Crippen molar-refractivity contribution < 1.29 is 9.59 Å². The van der Waals surface area contributed by atoms with Gasteiger partial charge >= 0.3 is 0 Å². The van der Waals surface area contributed by atoms with Gasteiger partial charge in [-0.1, -0.05) is 19.1 Å². The van der Waals surface area contributed by atoms with Crippen molar-refractivity contribution >= 4 is 41.8 Å². The first-order valence-corrected chi connectivity index (χ1v) is 10.0. The van der Waals surface area contributed by atoms with Crippen molar-refractivity contribution in [1.82, 2.24) is 25.3 Å². The molecule has 1 saturated heterocycles. The lowest BCUT2D eigenvalue weighted by molar-refractivity contribution is -0.140. The number of aliphatic imine (C=N–C) groups is 1. The molecule has 29 heavy (non-hydrogen) atoms. The van der Waals surface area contributed by atoms with Crippen LogP contribution in [-0.4, -0.2) is 59.1 Å². The number of nitrogens with one attached hydrogen (secondary N) is 2. The number of imide groups is 1. The molecule has 1 aromatic rings. The van der Waals surface area contributed by atoms with E-state index in [1.54, 1.807) is 13.2 Å². The topological polar surface area (TPSA) is 91.6 Å².